The maximum Gasteiger partial charge on any atom is 0.168 e. The molecule has 2 atom stereocenters. The third-order valence-electron chi connectivity index (χ3n) is 6.28. The largest absolute Gasteiger partial charge is 0.376 e. The normalized spacial score (nSPS) is 21.6. The Morgan fingerprint density at radius 2 is 2.00 bits per heavy atom. The van der Waals surface area contributed by atoms with Crippen molar-refractivity contribution in [2.24, 2.45) is 0 Å². The van der Waals surface area contributed by atoms with Crippen LogP contribution in [0.5, 0.6) is 0 Å². The molecule has 2 fully saturated rings. The summed E-state index contributed by atoms with van der Waals surface area (Å²) in [4.78, 5) is 5.10. The van der Waals surface area contributed by atoms with Gasteiger partial charge in [-0.3, -0.25) is 4.90 Å². The van der Waals surface area contributed by atoms with Crippen LogP contribution in [0.4, 0.5) is 5.69 Å². The van der Waals surface area contributed by atoms with Crippen LogP contribution in [-0.4, -0.2) is 64.0 Å². The number of aromatic nitrogens is 4. The van der Waals surface area contributed by atoms with Gasteiger partial charge in [0.15, 0.2) is 5.82 Å². The van der Waals surface area contributed by atoms with Crippen LogP contribution in [0.3, 0.4) is 0 Å². The summed E-state index contributed by atoms with van der Waals surface area (Å²) >= 11 is 0. The number of tetrazole rings is 1. The molecule has 7 nitrogen and oxygen atoms in total. The highest BCUT2D eigenvalue weighted by Crippen LogP contribution is 2.28. The van der Waals surface area contributed by atoms with Crippen LogP contribution in [0.1, 0.15) is 55.6 Å². The van der Waals surface area contributed by atoms with Gasteiger partial charge < -0.3 is 9.64 Å². The SMILES string of the molecule is CCC[C@H](c1nnnn1C[C@@H]1CCCO1)N1CCN(c2cc(C)ccc2C)CC1. The van der Waals surface area contributed by atoms with Crippen molar-refractivity contribution in [1.82, 2.24) is 25.1 Å². The van der Waals surface area contributed by atoms with Crippen molar-refractivity contribution >= 4 is 5.69 Å². The number of hydrogen-bond acceptors (Lipinski definition) is 6. The van der Waals surface area contributed by atoms with E-state index in [1.807, 2.05) is 4.68 Å². The summed E-state index contributed by atoms with van der Waals surface area (Å²) in [5, 5.41) is 12.8. The fraction of sp³-hybridized carbons (Fsp3) is 0.682. The summed E-state index contributed by atoms with van der Waals surface area (Å²) in [6.07, 6.45) is 4.69. The maximum absolute atomic E-state index is 5.81. The van der Waals surface area contributed by atoms with Crippen molar-refractivity contribution in [2.45, 2.75) is 65.1 Å². The fourth-order valence-electron chi connectivity index (χ4n) is 4.64. The van der Waals surface area contributed by atoms with Crippen LogP contribution in [-0.2, 0) is 11.3 Å². The standard InChI is InChI=1S/C22H34N6O/c1-4-6-20(22-23-24-25-28(22)16-19-7-5-14-29-19)26-10-12-27(13-11-26)21-15-17(2)8-9-18(21)3/h8-9,15,19-20H,4-7,10-14,16H2,1-3H3/t19-,20+/m0/s1. The first-order chi connectivity index (χ1) is 14.2. The Balaban J connectivity index is 1.45. The lowest BCUT2D eigenvalue weighted by atomic mass is 10.1. The molecule has 0 radical (unpaired) electrons. The van der Waals surface area contributed by atoms with Crippen LogP contribution in [0.25, 0.3) is 0 Å². The van der Waals surface area contributed by atoms with Crippen LogP contribution < -0.4 is 4.90 Å². The van der Waals surface area contributed by atoms with Gasteiger partial charge in [0.1, 0.15) is 0 Å². The van der Waals surface area contributed by atoms with Crippen molar-refractivity contribution in [3.63, 3.8) is 0 Å². The Labute approximate surface area is 174 Å². The van der Waals surface area contributed by atoms with Gasteiger partial charge >= 0.3 is 0 Å². The summed E-state index contributed by atoms with van der Waals surface area (Å²) in [7, 11) is 0. The predicted octanol–water partition coefficient (Wildman–Crippen LogP) is 3.13. The highest BCUT2D eigenvalue weighted by molar-refractivity contribution is 5.55. The second-order valence-corrected chi connectivity index (χ2v) is 8.47. The van der Waals surface area contributed by atoms with E-state index < -0.39 is 0 Å². The molecule has 0 amide bonds. The van der Waals surface area contributed by atoms with E-state index in [0.29, 0.717) is 0 Å². The number of anilines is 1. The average molecular weight is 399 g/mol. The summed E-state index contributed by atoms with van der Waals surface area (Å²) in [5.74, 6) is 1.00. The molecule has 0 saturated carbocycles. The molecular formula is C22H34N6O. The second-order valence-electron chi connectivity index (χ2n) is 8.47. The summed E-state index contributed by atoms with van der Waals surface area (Å²) < 4.78 is 7.81. The zero-order valence-electron chi connectivity index (χ0n) is 18.0. The van der Waals surface area contributed by atoms with E-state index in [4.69, 9.17) is 4.74 Å². The smallest absolute Gasteiger partial charge is 0.168 e. The number of benzene rings is 1. The van der Waals surface area contributed by atoms with Crippen molar-refractivity contribution in [1.29, 1.82) is 0 Å². The molecular weight excluding hydrogens is 364 g/mol. The number of nitrogens with zero attached hydrogens (tertiary/aromatic N) is 6. The first-order valence-electron chi connectivity index (χ1n) is 11.1. The van der Waals surface area contributed by atoms with Gasteiger partial charge in [-0.1, -0.05) is 25.5 Å². The Kier molecular flexibility index (Phi) is 6.45. The Hall–Kier alpha value is -1.99. The van der Waals surface area contributed by atoms with E-state index in [1.54, 1.807) is 0 Å². The minimum absolute atomic E-state index is 0.251. The lowest BCUT2D eigenvalue weighted by Crippen LogP contribution is -2.48. The molecule has 0 aliphatic carbocycles. The third-order valence-corrected chi connectivity index (χ3v) is 6.28. The molecule has 1 aromatic heterocycles. The molecule has 158 valence electrons. The number of hydrogen-bond donors (Lipinski definition) is 0. The van der Waals surface area contributed by atoms with E-state index in [0.717, 1.165) is 70.8 Å². The third kappa shape index (κ3) is 4.61. The molecule has 4 rings (SSSR count). The fourth-order valence-corrected chi connectivity index (χ4v) is 4.64. The van der Waals surface area contributed by atoms with E-state index in [1.165, 1.54) is 16.8 Å². The zero-order valence-corrected chi connectivity index (χ0v) is 18.0. The molecule has 2 aromatic rings. The molecule has 2 saturated heterocycles. The van der Waals surface area contributed by atoms with E-state index in [2.05, 4.69) is 64.3 Å². The van der Waals surface area contributed by atoms with Gasteiger partial charge in [-0.25, -0.2) is 4.68 Å². The molecule has 2 aliphatic heterocycles. The van der Waals surface area contributed by atoms with Gasteiger partial charge in [-0.15, -0.1) is 5.10 Å². The van der Waals surface area contributed by atoms with Gasteiger partial charge in [0, 0.05) is 38.5 Å². The van der Waals surface area contributed by atoms with Gasteiger partial charge in [0.2, 0.25) is 0 Å². The van der Waals surface area contributed by atoms with Crippen LogP contribution in [0, 0.1) is 13.8 Å². The van der Waals surface area contributed by atoms with Crippen molar-refractivity contribution in [2.75, 3.05) is 37.7 Å². The molecule has 29 heavy (non-hydrogen) atoms. The van der Waals surface area contributed by atoms with Gasteiger partial charge in [0.05, 0.1) is 18.7 Å². The maximum atomic E-state index is 5.81. The van der Waals surface area contributed by atoms with E-state index >= 15 is 0 Å². The topological polar surface area (TPSA) is 59.3 Å². The molecule has 0 spiro atoms. The summed E-state index contributed by atoms with van der Waals surface area (Å²) in [6, 6.07) is 7.02. The molecule has 0 bridgehead atoms. The molecule has 0 N–H and O–H groups in total. The van der Waals surface area contributed by atoms with Gasteiger partial charge in [-0.2, -0.15) is 0 Å². The summed E-state index contributed by atoms with van der Waals surface area (Å²) in [6.45, 7) is 12.4. The first-order valence-corrected chi connectivity index (χ1v) is 11.1. The van der Waals surface area contributed by atoms with Gasteiger partial charge in [0.25, 0.3) is 0 Å². The van der Waals surface area contributed by atoms with Crippen molar-refractivity contribution in [3.05, 3.63) is 35.2 Å². The monoisotopic (exact) mass is 398 g/mol. The zero-order chi connectivity index (χ0) is 20.2. The lowest BCUT2D eigenvalue weighted by molar-refractivity contribution is 0.0891. The number of aryl methyl sites for hydroxylation is 2. The quantitative estimate of drug-likeness (QED) is 0.714. The number of rotatable bonds is 7. The van der Waals surface area contributed by atoms with E-state index in [-0.39, 0.29) is 12.1 Å². The molecule has 7 heteroatoms. The Bertz CT molecular complexity index is 792. The number of piperazine rings is 1. The lowest BCUT2D eigenvalue weighted by Gasteiger charge is -2.40. The second kappa shape index (κ2) is 9.22. The highest BCUT2D eigenvalue weighted by atomic mass is 16.5. The molecule has 0 unspecified atom stereocenters. The van der Waals surface area contributed by atoms with Crippen molar-refractivity contribution in [3.8, 4) is 0 Å². The van der Waals surface area contributed by atoms with Crippen LogP contribution in [0.2, 0.25) is 0 Å². The van der Waals surface area contributed by atoms with Gasteiger partial charge in [-0.05, 0) is 60.7 Å². The Morgan fingerprint density at radius 3 is 2.72 bits per heavy atom. The Morgan fingerprint density at radius 1 is 1.17 bits per heavy atom. The average Bonchev–Trinajstić information content (AvgIpc) is 3.41. The highest BCUT2D eigenvalue weighted by Gasteiger charge is 2.30. The minimum Gasteiger partial charge on any atom is -0.376 e. The predicted molar refractivity (Wildman–Crippen MR) is 114 cm³/mol. The molecule has 3 heterocycles. The summed E-state index contributed by atoms with van der Waals surface area (Å²) in [5.41, 5.74) is 4.06. The van der Waals surface area contributed by atoms with Crippen LogP contribution >= 0.6 is 0 Å². The van der Waals surface area contributed by atoms with Crippen molar-refractivity contribution < 1.29 is 4.74 Å². The number of ether oxygens (including phenoxy) is 1. The first kappa shape index (κ1) is 20.3. The molecule has 1 aromatic carbocycles. The molecule has 2 aliphatic rings. The minimum atomic E-state index is 0.251. The van der Waals surface area contributed by atoms with Crippen LogP contribution in [0.15, 0.2) is 18.2 Å². The van der Waals surface area contributed by atoms with E-state index in [9.17, 15) is 0 Å².